The molecule has 0 amide bonds. The van der Waals surface area contributed by atoms with Crippen molar-refractivity contribution in [2.45, 2.75) is 39.0 Å². The molecule has 0 aliphatic heterocycles. The molecule has 0 saturated heterocycles. The molecule has 1 aromatic heterocycles. The highest BCUT2D eigenvalue weighted by Crippen LogP contribution is 2.48. The fraction of sp³-hybridized carbons (Fsp3) is 0.500. The van der Waals surface area contributed by atoms with Crippen molar-refractivity contribution in [3.05, 3.63) is 24.0 Å². The summed E-state index contributed by atoms with van der Waals surface area (Å²) < 4.78 is 0. The summed E-state index contributed by atoms with van der Waals surface area (Å²) in [7, 11) is 0. The predicted molar refractivity (Wildman–Crippen MR) is 70.9 cm³/mol. The van der Waals surface area contributed by atoms with Gasteiger partial charge in [-0.05, 0) is 36.5 Å². The minimum Gasteiger partial charge on any atom is -0.399 e. The van der Waals surface area contributed by atoms with Crippen LogP contribution in [-0.2, 0) is 0 Å². The summed E-state index contributed by atoms with van der Waals surface area (Å²) in [4.78, 5) is 8.16. The zero-order valence-electron chi connectivity index (χ0n) is 10.5. The second-order valence-corrected chi connectivity index (χ2v) is 5.83. The number of nitrogens with zero attached hydrogens (tertiary/aromatic N) is 1. The number of nitrogen functional groups attached to an aromatic ring is 1. The summed E-state index contributed by atoms with van der Waals surface area (Å²) in [6.07, 6.45) is 3.83. The van der Waals surface area contributed by atoms with E-state index in [1.165, 1.54) is 19.3 Å². The number of nitrogens with one attached hydrogen (secondary N) is 1. The zero-order valence-corrected chi connectivity index (χ0v) is 10.5. The molecular weight excluding hydrogens is 210 g/mol. The Balaban J connectivity index is 2.06. The van der Waals surface area contributed by atoms with Gasteiger partial charge in [-0.15, -0.1) is 0 Å². The lowest BCUT2D eigenvalue weighted by molar-refractivity contribution is 0.324. The van der Waals surface area contributed by atoms with Crippen LogP contribution in [0.15, 0.2) is 18.2 Å². The van der Waals surface area contributed by atoms with Crippen LogP contribution in [0.2, 0.25) is 0 Å². The molecule has 0 radical (unpaired) electrons. The number of imidazole rings is 1. The van der Waals surface area contributed by atoms with Gasteiger partial charge in [0.25, 0.3) is 0 Å². The molecule has 1 aliphatic rings. The van der Waals surface area contributed by atoms with Gasteiger partial charge in [0.1, 0.15) is 5.82 Å². The monoisotopic (exact) mass is 229 g/mol. The van der Waals surface area contributed by atoms with Crippen LogP contribution in [0, 0.1) is 5.41 Å². The number of hydrogen-bond donors (Lipinski definition) is 2. The summed E-state index contributed by atoms with van der Waals surface area (Å²) in [6.45, 7) is 4.68. The molecule has 3 nitrogen and oxygen atoms in total. The van der Waals surface area contributed by atoms with Gasteiger partial charge in [-0.25, -0.2) is 4.98 Å². The highest BCUT2D eigenvalue weighted by Gasteiger charge is 2.37. The van der Waals surface area contributed by atoms with Crippen LogP contribution in [0.5, 0.6) is 0 Å². The van der Waals surface area contributed by atoms with E-state index in [1.54, 1.807) is 0 Å². The topological polar surface area (TPSA) is 54.7 Å². The number of fused-ring (bicyclic) bond motifs is 1. The summed E-state index contributed by atoms with van der Waals surface area (Å²) in [5, 5.41) is 0. The molecule has 3 heteroatoms. The lowest BCUT2D eigenvalue weighted by Crippen LogP contribution is -2.16. The standard InChI is InChI=1S/C14H19N3/c1-14(2)7-3-4-10(14)13-16-11-6-5-9(15)8-12(11)17-13/h5-6,8,10H,3-4,7,15H2,1-2H3,(H,16,17). The molecule has 90 valence electrons. The number of nitrogens with two attached hydrogens (primary N) is 1. The molecule has 1 fully saturated rings. The van der Waals surface area contributed by atoms with Crippen LogP contribution < -0.4 is 5.73 Å². The van der Waals surface area contributed by atoms with Crippen LogP contribution in [0.25, 0.3) is 11.0 Å². The maximum atomic E-state index is 5.79. The van der Waals surface area contributed by atoms with Crippen molar-refractivity contribution in [3.63, 3.8) is 0 Å². The van der Waals surface area contributed by atoms with Gasteiger partial charge < -0.3 is 10.7 Å². The van der Waals surface area contributed by atoms with Crippen molar-refractivity contribution in [2.24, 2.45) is 5.41 Å². The Morgan fingerprint density at radius 3 is 2.94 bits per heavy atom. The van der Waals surface area contributed by atoms with Gasteiger partial charge in [-0.1, -0.05) is 20.3 Å². The van der Waals surface area contributed by atoms with E-state index in [0.29, 0.717) is 11.3 Å². The minimum absolute atomic E-state index is 0.361. The first-order valence-electron chi connectivity index (χ1n) is 6.31. The van der Waals surface area contributed by atoms with Gasteiger partial charge in [0.2, 0.25) is 0 Å². The molecule has 1 unspecified atom stereocenters. The first kappa shape index (κ1) is 10.6. The Kier molecular flexibility index (Phi) is 2.18. The Morgan fingerprint density at radius 1 is 1.41 bits per heavy atom. The Hall–Kier alpha value is -1.51. The number of benzene rings is 1. The summed E-state index contributed by atoms with van der Waals surface area (Å²) in [5.41, 5.74) is 9.03. The van der Waals surface area contributed by atoms with Gasteiger partial charge in [-0.2, -0.15) is 0 Å². The van der Waals surface area contributed by atoms with E-state index in [9.17, 15) is 0 Å². The second kappa shape index (κ2) is 3.49. The van der Waals surface area contributed by atoms with E-state index in [4.69, 9.17) is 10.7 Å². The van der Waals surface area contributed by atoms with E-state index in [1.807, 2.05) is 18.2 Å². The molecule has 0 spiro atoms. The molecule has 1 aliphatic carbocycles. The molecule has 3 N–H and O–H groups in total. The molecular formula is C14H19N3. The average Bonchev–Trinajstić information content (AvgIpc) is 2.79. The van der Waals surface area contributed by atoms with Crippen molar-refractivity contribution in [1.29, 1.82) is 0 Å². The van der Waals surface area contributed by atoms with Crippen LogP contribution in [0.4, 0.5) is 5.69 Å². The highest BCUT2D eigenvalue weighted by molar-refractivity contribution is 5.78. The first-order valence-corrected chi connectivity index (χ1v) is 6.31. The smallest absolute Gasteiger partial charge is 0.110 e. The highest BCUT2D eigenvalue weighted by atomic mass is 14.9. The number of rotatable bonds is 1. The third-order valence-corrected chi connectivity index (χ3v) is 4.11. The number of H-pyrrole nitrogens is 1. The average molecular weight is 229 g/mol. The van der Waals surface area contributed by atoms with Crippen LogP contribution in [-0.4, -0.2) is 9.97 Å². The van der Waals surface area contributed by atoms with E-state index < -0.39 is 0 Å². The largest absolute Gasteiger partial charge is 0.399 e. The number of aromatic nitrogens is 2. The van der Waals surface area contributed by atoms with Crippen LogP contribution in [0.3, 0.4) is 0 Å². The molecule has 1 aromatic carbocycles. The van der Waals surface area contributed by atoms with Crippen molar-refractivity contribution in [1.82, 2.24) is 9.97 Å². The van der Waals surface area contributed by atoms with Crippen LogP contribution >= 0.6 is 0 Å². The third-order valence-electron chi connectivity index (χ3n) is 4.11. The van der Waals surface area contributed by atoms with Gasteiger partial charge in [0.15, 0.2) is 0 Å². The summed E-state index contributed by atoms with van der Waals surface area (Å²) in [6, 6.07) is 5.87. The van der Waals surface area contributed by atoms with Gasteiger partial charge >= 0.3 is 0 Å². The number of anilines is 1. The molecule has 3 rings (SSSR count). The number of hydrogen-bond acceptors (Lipinski definition) is 2. The van der Waals surface area contributed by atoms with Crippen LogP contribution in [0.1, 0.15) is 44.9 Å². The van der Waals surface area contributed by atoms with E-state index in [-0.39, 0.29) is 0 Å². The maximum Gasteiger partial charge on any atom is 0.110 e. The normalized spacial score (nSPS) is 23.3. The molecule has 1 saturated carbocycles. The SMILES string of the molecule is CC1(C)CCCC1c1nc2ccc(N)cc2[nH]1. The van der Waals surface area contributed by atoms with Gasteiger partial charge in [0, 0.05) is 11.6 Å². The Bertz CT molecular complexity index is 554. The van der Waals surface area contributed by atoms with Crippen molar-refractivity contribution >= 4 is 16.7 Å². The molecule has 0 bridgehead atoms. The van der Waals surface area contributed by atoms with Gasteiger partial charge in [0.05, 0.1) is 11.0 Å². The molecule has 1 heterocycles. The lowest BCUT2D eigenvalue weighted by Gasteiger charge is -2.24. The zero-order chi connectivity index (χ0) is 12.0. The first-order chi connectivity index (χ1) is 8.06. The Morgan fingerprint density at radius 2 is 2.24 bits per heavy atom. The lowest BCUT2D eigenvalue weighted by atomic mass is 9.81. The fourth-order valence-corrected chi connectivity index (χ4v) is 3.05. The molecule has 1 atom stereocenters. The van der Waals surface area contributed by atoms with E-state index >= 15 is 0 Å². The maximum absolute atomic E-state index is 5.79. The predicted octanol–water partition coefficient (Wildman–Crippen LogP) is 3.44. The molecule has 17 heavy (non-hydrogen) atoms. The second-order valence-electron chi connectivity index (χ2n) is 5.83. The van der Waals surface area contributed by atoms with Crippen molar-refractivity contribution < 1.29 is 0 Å². The summed E-state index contributed by atoms with van der Waals surface area (Å²) in [5.74, 6) is 1.68. The molecule has 2 aromatic rings. The minimum atomic E-state index is 0.361. The fourth-order valence-electron chi connectivity index (χ4n) is 3.05. The van der Waals surface area contributed by atoms with Crippen molar-refractivity contribution in [3.8, 4) is 0 Å². The summed E-state index contributed by atoms with van der Waals surface area (Å²) >= 11 is 0. The van der Waals surface area contributed by atoms with E-state index in [2.05, 4.69) is 18.8 Å². The Labute approximate surface area is 101 Å². The third kappa shape index (κ3) is 1.70. The van der Waals surface area contributed by atoms with E-state index in [0.717, 1.165) is 22.5 Å². The van der Waals surface area contributed by atoms with Crippen molar-refractivity contribution in [2.75, 3.05) is 5.73 Å². The quantitative estimate of drug-likeness (QED) is 0.736. The number of aromatic amines is 1. The van der Waals surface area contributed by atoms with Gasteiger partial charge in [-0.3, -0.25) is 0 Å².